The van der Waals surface area contributed by atoms with Gasteiger partial charge in [0.2, 0.25) is 11.8 Å². The normalized spacial score (nSPS) is 16.3. The molecule has 0 saturated carbocycles. The third-order valence-electron chi connectivity index (χ3n) is 18.7. The van der Waals surface area contributed by atoms with E-state index in [4.69, 9.17) is 0 Å². The van der Waals surface area contributed by atoms with Crippen molar-refractivity contribution in [3.8, 4) is 0 Å². The van der Waals surface area contributed by atoms with Crippen LogP contribution in [0.1, 0.15) is 388 Å². The van der Waals surface area contributed by atoms with E-state index in [9.17, 15) is 19.8 Å². The van der Waals surface area contributed by atoms with Gasteiger partial charge in [-0.05, 0) is 89.1 Å². The zero-order valence-corrected chi connectivity index (χ0v) is 56.5. The minimum atomic E-state index is -0.491. The van der Waals surface area contributed by atoms with E-state index < -0.39 is 24.3 Å². The van der Waals surface area contributed by atoms with Crippen molar-refractivity contribution in [3.63, 3.8) is 0 Å². The predicted octanol–water partition coefficient (Wildman–Crippen LogP) is 20.7. The molecular weight excluding hydrogens is 1010 g/mol. The number of aliphatic hydroxyl groups excluding tert-OH is 2. The van der Waals surface area contributed by atoms with Gasteiger partial charge in [0.15, 0.2) is 0 Å². The summed E-state index contributed by atoms with van der Waals surface area (Å²) < 4.78 is 0. The molecule has 6 unspecified atom stereocenters. The summed E-state index contributed by atoms with van der Waals surface area (Å²) in [6.45, 7) is 19.5. The number of hydrogen-bond acceptors (Lipinski definition) is 6. The zero-order chi connectivity index (χ0) is 59.6. The molecule has 0 aromatic heterocycles. The summed E-state index contributed by atoms with van der Waals surface area (Å²) in [5.41, 5.74) is 0. The van der Waals surface area contributed by atoms with Crippen LogP contribution in [0.2, 0.25) is 0 Å². The third-order valence-corrected chi connectivity index (χ3v) is 18.7. The molecule has 0 aromatic carbocycles. The highest BCUT2D eigenvalue weighted by Gasteiger charge is 2.33. The number of amides is 2. The molecule has 1 aliphatic heterocycles. The van der Waals surface area contributed by atoms with E-state index in [1.807, 2.05) is 0 Å². The minimum absolute atomic E-state index is 0.0275. The standard InChI is InChI=1S/C74H148N4O4/c1-7-11-15-19-23-27-31-35-39-43-47-55-67(5)63-77(64-68(6)56-48-44-40-36-32-28-24-20-16-12-8-2)61-53-51-59-71-73(81)76-72(74(82)75-71)60-52-54-62-78(65-69(79)57-49-45-41-37-33-29-25-21-17-13-9-3)66-70(80)58-50-46-42-38-34-30-26-22-18-14-10-4/h67-72,79-80H,7-66H2,1-6H3,(H,75,82)(H,76,81). The first-order valence-corrected chi connectivity index (χ1v) is 37.5. The van der Waals surface area contributed by atoms with Crippen molar-refractivity contribution in [1.82, 2.24) is 20.4 Å². The summed E-state index contributed by atoms with van der Waals surface area (Å²) in [6, 6.07) is -0.939. The molecule has 488 valence electrons. The summed E-state index contributed by atoms with van der Waals surface area (Å²) in [5.74, 6) is 1.32. The van der Waals surface area contributed by atoms with Crippen molar-refractivity contribution in [1.29, 1.82) is 0 Å². The van der Waals surface area contributed by atoms with E-state index in [0.717, 1.165) is 64.5 Å². The molecule has 1 heterocycles. The van der Waals surface area contributed by atoms with Gasteiger partial charge < -0.3 is 25.7 Å². The molecule has 1 saturated heterocycles. The molecule has 4 N–H and O–H groups in total. The fourth-order valence-corrected chi connectivity index (χ4v) is 13.2. The van der Waals surface area contributed by atoms with Gasteiger partial charge in [0, 0.05) is 26.2 Å². The first-order valence-electron chi connectivity index (χ1n) is 37.5. The zero-order valence-electron chi connectivity index (χ0n) is 56.5. The second kappa shape index (κ2) is 60.1. The average Bonchev–Trinajstić information content (AvgIpc) is 3.47. The van der Waals surface area contributed by atoms with Gasteiger partial charge in [-0.2, -0.15) is 0 Å². The molecule has 0 bridgehead atoms. The lowest BCUT2D eigenvalue weighted by atomic mass is 9.98. The summed E-state index contributed by atoms with van der Waals surface area (Å²) in [6.07, 6.45) is 67.8. The van der Waals surface area contributed by atoms with E-state index in [1.165, 1.54) is 296 Å². The SMILES string of the molecule is CCCCCCCCCCCCCC(C)CN(CCCCC1NC(=O)C(CCCCN(CC(O)CCCCCCCCCCCCC)CC(O)CCCCCCCCCCCCC)NC1=O)CC(C)CCCCCCCCCCCCC. The van der Waals surface area contributed by atoms with Crippen molar-refractivity contribution in [2.45, 2.75) is 413 Å². The molecule has 0 aliphatic carbocycles. The van der Waals surface area contributed by atoms with Crippen LogP contribution in [0.5, 0.6) is 0 Å². The van der Waals surface area contributed by atoms with Crippen LogP contribution in [0.4, 0.5) is 0 Å². The van der Waals surface area contributed by atoms with Gasteiger partial charge in [-0.15, -0.1) is 0 Å². The molecule has 1 aliphatic rings. The minimum Gasteiger partial charge on any atom is -0.392 e. The first-order chi connectivity index (χ1) is 40.1. The number of nitrogens with one attached hydrogen (secondary N) is 2. The molecule has 6 atom stereocenters. The Bertz CT molecular complexity index is 1170. The lowest BCUT2D eigenvalue weighted by Crippen LogP contribution is -2.61. The highest BCUT2D eigenvalue weighted by Crippen LogP contribution is 2.22. The van der Waals surface area contributed by atoms with Gasteiger partial charge in [-0.1, -0.05) is 324 Å². The number of unbranched alkanes of at least 4 members (excludes halogenated alkanes) is 42. The van der Waals surface area contributed by atoms with Crippen molar-refractivity contribution in [2.75, 3.05) is 39.3 Å². The molecule has 0 spiro atoms. The predicted molar refractivity (Wildman–Crippen MR) is 359 cm³/mol. The number of hydrogen-bond donors (Lipinski definition) is 4. The Morgan fingerprint density at radius 1 is 0.305 bits per heavy atom. The Balaban J connectivity index is 2.62. The van der Waals surface area contributed by atoms with Crippen LogP contribution in [0.25, 0.3) is 0 Å². The Morgan fingerprint density at radius 3 is 0.780 bits per heavy atom. The number of nitrogens with zero attached hydrogens (tertiary/aromatic N) is 2. The maximum absolute atomic E-state index is 13.5. The quantitative estimate of drug-likeness (QED) is 0.0452. The molecule has 2 amide bonds. The fraction of sp³-hybridized carbons (Fsp3) is 0.973. The largest absolute Gasteiger partial charge is 0.392 e. The van der Waals surface area contributed by atoms with Crippen molar-refractivity contribution < 1.29 is 19.8 Å². The average molecular weight is 1160 g/mol. The second-order valence-corrected chi connectivity index (χ2v) is 27.4. The van der Waals surface area contributed by atoms with E-state index in [1.54, 1.807) is 0 Å². The Morgan fingerprint density at radius 2 is 0.524 bits per heavy atom. The second-order valence-electron chi connectivity index (χ2n) is 27.4. The van der Waals surface area contributed by atoms with Crippen LogP contribution >= 0.6 is 0 Å². The highest BCUT2D eigenvalue weighted by molar-refractivity contribution is 5.96. The maximum atomic E-state index is 13.5. The molecule has 8 nitrogen and oxygen atoms in total. The molecule has 8 heteroatoms. The van der Waals surface area contributed by atoms with Gasteiger partial charge in [-0.3, -0.25) is 14.5 Å². The fourth-order valence-electron chi connectivity index (χ4n) is 13.2. The van der Waals surface area contributed by atoms with Gasteiger partial charge in [0.05, 0.1) is 12.2 Å². The van der Waals surface area contributed by atoms with E-state index in [-0.39, 0.29) is 11.8 Å². The van der Waals surface area contributed by atoms with E-state index in [2.05, 4.69) is 62.0 Å². The summed E-state index contributed by atoms with van der Waals surface area (Å²) >= 11 is 0. The van der Waals surface area contributed by atoms with Crippen molar-refractivity contribution in [3.05, 3.63) is 0 Å². The number of aliphatic hydroxyl groups is 2. The third kappa shape index (κ3) is 50.9. The number of piperazine rings is 1. The van der Waals surface area contributed by atoms with Crippen LogP contribution in [0, 0.1) is 11.8 Å². The smallest absolute Gasteiger partial charge is 0.243 e. The molecule has 0 radical (unpaired) electrons. The van der Waals surface area contributed by atoms with Gasteiger partial charge in [-0.25, -0.2) is 0 Å². The number of carbonyl (C=O) groups excluding carboxylic acids is 2. The van der Waals surface area contributed by atoms with Gasteiger partial charge >= 0.3 is 0 Å². The topological polar surface area (TPSA) is 105 Å². The Hall–Kier alpha value is -1.22. The van der Waals surface area contributed by atoms with Crippen LogP contribution in [0.15, 0.2) is 0 Å². The lowest BCUT2D eigenvalue weighted by molar-refractivity contribution is -0.137. The maximum Gasteiger partial charge on any atom is 0.243 e. The molecule has 1 fully saturated rings. The van der Waals surface area contributed by atoms with Gasteiger partial charge in [0.25, 0.3) is 0 Å². The van der Waals surface area contributed by atoms with Crippen LogP contribution in [-0.4, -0.2) is 95.4 Å². The number of rotatable bonds is 66. The van der Waals surface area contributed by atoms with E-state index in [0.29, 0.717) is 37.8 Å². The first kappa shape index (κ1) is 78.8. The van der Waals surface area contributed by atoms with Gasteiger partial charge in [0.1, 0.15) is 12.1 Å². The van der Waals surface area contributed by atoms with E-state index >= 15 is 0 Å². The van der Waals surface area contributed by atoms with Crippen molar-refractivity contribution >= 4 is 11.8 Å². The number of carbonyl (C=O) groups is 2. The summed E-state index contributed by atoms with van der Waals surface area (Å²) in [5, 5.41) is 28.7. The van der Waals surface area contributed by atoms with Crippen LogP contribution < -0.4 is 10.6 Å². The molecule has 1 rings (SSSR count). The summed E-state index contributed by atoms with van der Waals surface area (Å²) in [7, 11) is 0. The van der Waals surface area contributed by atoms with Crippen molar-refractivity contribution in [2.24, 2.45) is 11.8 Å². The Labute approximate surface area is 513 Å². The van der Waals surface area contributed by atoms with Crippen LogP contribution in [-0.2, 0) is 9.59 Å². The molecule has 82 heavy (non-hydrogen) atoms. The lowest BCUT2D eigenvalue weighted by Gasteiger charge is -2.31. The highest BCUT2D eigenvalue weighted by atomic mass is 16.3. The Kier molecular flexibility index (Phi) is 57.7. The van der Waals surface area contributed by atoms with Crippen LogP contribution in [0.3, 0.4) is 0 Å². The summed E-state index contributed by atoms with van der Waals surface area (Å²) in [4.78, 5) is 32.0. The molecular formula is C74H148N4O4. The monoisotopic (exact) mass is 1160 g/mol. The molecule has 0 aromatic rings.